The summed E-state index contributed by atoms with van der Waals surface area (Å²) >= 11 is 0. The molecule has 2 aliphatic heterocycles. The Labute approximate surface area is 179 Å². The van der Waals surface area contributed by atoms with Crippen molar-refractivity contribution in [2.45, 2.75) is 38.4 Å². The van der Waals surface area contributed by atoms with Crippen LogP contribution in [-0.4, -0.2) is 46.5 Å². The van der Waals surface area contributed by atoms with E-state index in [9.17, 15) is 0 Å². The van der Waals surface area contributed by atoms with Crippen LogP contribution in [0.25, 0.3) is 6.08 Å². The summed E-state index contributed by atoms with van der Waals surface area (Å²) in [6, 6.07) is 3.32. The zero-order valence-corrected chi connectivity index (χ0v) is 17.7. The number of nitrogens with two attached hydrogens (primary N) is 2. The van der Waals surface area contributed by atoms with Crippen molar-refractivity contribution in [3.63, 3.8) is 0 Å². The minimum Gasteiger partial charge on any atom is -0.403 e. The van der Waals surface area contributed by atoms with E-state index in [2.05, 4.69) is 40.8 Å². The van der Waals surface area contributed by atoms with E-state index in [1.807, 2.05) is 18.3 Å². The predicted molar refractivity (Wildman–Crippen MR) is 122 cm³/mol. The number of aromatic nitrogens is 1. The Kier molecular flexibility index (Phi) is 4.91. The van der Waals surface area contributed by atoms with Gasteiger partial charge in [0.15, 0.2) is 0 Å². The number of piperazine rings is 1. The number of fused-ring (bicyclic) bond motifs is 2. The van der Waals surface area contributed by atoms with E-state index < -0.39 is 0 Å². The third-order valence-electron chi connectivity index (χ3n) is 6.93. The second kappa shape index (κ2) is 7.60. The number of rotatable bonds is 6. The van der Waals surface area contributed by atoms with Crippen LogP contribution >= 0.6 is 0 Å². The number of hydrogen-bond donors (Lipinski definition) is 3. The molecule has 3 heterocycles. The molecule has 0 spiro atoms. The van der Waals surface area contributed by atoms with Crippen molar-refractivity contribution in [3.05, 3.63) is 65.4 Å². The summed E-state index contributed by atoms with van der Waals surface area (Å²) in [4.78, 5) is 9.80. The van der Waals surface area contributed by atoms with Gasteiger partial charge in [-0.25, -0.2) is 0 Å². The summed E-state index contributed by atoms with van der Waals surface area (Å²) in [5.41, 5.74) is 18.4. The van der Waals surface area contributed by atoms with E-state index in [0.717, 1.165) is 42.4 Å². The van der Waals surface area contributed by atoms with Crippen molar-refractivity contribution >= 4 is 11.8 Å². The van der Waals surface area contributed by atoms with Crippen molar-refractivity contribution < 1.29 is 0 Å². The SMILES string of the molecule is C=C1Nc2cc(CN3CCN(C(/C=C\CN)=C/N)C4C(C)C43)cnc2C=C1C1CC1. The standard InChI is InChI=1S/C24H32N6/c1-15-23-24(15)30(19(12-26)4-3-7-25)9-8-29(23)14-17-10-22-21(27-13-17)11-20(16(2)28-22)18-5-6-18/h3-4,10-13,15,18,23-24,28H,2,5-9,14,25-26H2,1H3/b4-3-,19-12+. The first-order valence-corrected chi connectivity index (χ1v) is 11.1. The van der Waals surface area contributed by atoms with Gasteiger partial charge in [-0.05, 0) is 54.0 Å². The molecular formula is C24H32N6. The normalized spacial score (nSPS) is 28.8. The van der Waals surface area contributed by atoms with Gasteiger partial charge in [-0.15, -0.1) is 0 Å². The summed E-state index contributed by atoms with van der Waals surface area (Å²) < 4.78 is 0. The average Bonchev–Trinajstić information content (AvgIpc) is 3.67. The van der Waals surface area contributed by atoms with E-state index in [1.165, 1.54) is 24.0 Å². The topological polar surface area (TPSA) is 83.4 Å². The molecule has 0 aromatic carbocycles. The zero-order valence-electron chi connectivity index (χ0n) is 17.7. The number of anilines is 1. The van der Waals surface area contributed by atoms with Gasteiger partial charge in [0.05, 0.1) is 17.1 Å². The number of allylic oxidation sites excluding steroid dienone is 2. The van der Waals surface area contributed by atoms with E-state index in [-0.39, 0.29) is 0 Å². The van der Waals surface area contributed by atoms with Crippen LogP contribution in [0.2, 0.25) is 0 Å². The summed E-state index contributed by atoms with van der Waals surface area (Å²) in [6.45, 7) is 10.0. The molecule has 5 N–H and O–H groups in total. The maximum atomic E-state index is 5.90. The maximum absolute atomic E-state index is 5.90. The number of nitrogens with one attached hydrogen (secondary N) is 1. The van der Waals surface area contributed by atoms with Gasteiger partial charge in [0.25, 0.3) is 0 Å². The minimum absolute atomic E-state index is 0.517. The Morgan fingerprint density at radius 1 is 1.33 bits per heavy atom. The quantitative estimate of drug-likeness (QED) is 0.632. The van der Waals surface area contributed by atoms with Gasteiger partial charge >= 0.3 is 0 Å². The van der Waals surface area contributed by atoms with Gasteiger partial charge in [0.1, 0.15) is 0 Å². The van der Waals surface area contributed by atoms with E-state index in [1.54, 1.807) is 6.20 Å². The maximum Gasteiger partial charge on any atom is 0.0868 e. The van der Waals surface area contributed by atoms with Crippen LogP contribution in [0, 0.1) is 11.8 Å². The fourth-order valence-electron chi connectivity index (χ4n) is 5.18. The highest BCUT2D eigenvalue weighted by molar-refractivity contribution is 5.76. The average molecular weight is 405 g/mol. The van der Waals surface area contributed by atoms with Gasteiger partial charge < -0.3 is 21.7 Å². The highest BCUT2D eigenvalue weighted by Gasteiger charge is 2.56. The molecule has 2 saturated carbocycles. The van der Waals surface area contributed by atoms with Crippen LogP contribution in [0.5, 0.6) is 0 Å². The fraction of sp³-hybridized carbons (Fsp3) is 0.458. The first-order valence-electron chi connectivity index (χ1n) is 11.1. The summed E-state index contributed by atoms with van der Waals surface area (Å²) in [7, 11) is 0. The van der Waals surface area contributed by atoms with Crippen LogP contribution in [0.3, 0.4) is 0 Å². The lowest BCUT2D eigenvalue weighted by Gasteiger charge is -2.36. The van der Waals surface area contributed by atoms with E-state index >= 15 is 0 Å². The van der Waals surface area contributed by atoms with Gasteiger partial charge in [0, 0.05) is 56.4 Å². The van der Waals surface area contributed by atoms with Gasteiger partial charge in [-0.3, -0.25) is 9.88 Å². The van der Waals surface area contributed by atoms with Gasteiger partial charge in [-0.2, -0.15) is 0 Å². The molecule has 30 heavy (non-hydrogen) atoms. The number of pyridine rings is 1. The molecule has 3 fully saturated rings. The third kappa shape index (κ3) is 3.44. The van der Waals surface area contributed by atoms with Crippen molar-refractivity contribution in [1.82, 2.24) is 14.8 Å². The van der Waals surface area contributed by atoms with Crippen LogP contribution in [0.4, 0.5) is 5.69 Å². The molecule has 4 aliphatic rings. The molecule has 0 radical (unpaired) electrons. The first-order chi connectivity index (χ1) is 14.6. The lowest BCUT2D eigenvalue weighted by atomic mass is 10.0. The molecule has 5 rings (SSSR count). The molecule has 3 unspecified atom stereocenters. The molecule has 2 aliphatic carbocycles. The van der Waals surface area contributed by atoms with E-state index in [4.69, 9.17) is 16.5 Å². The second-order valence-corrected chi connectivity index (χ2v) is 8.99. The molecule has 0 bridgehead atoms. The van der Waals surface area contributed by atoms with Crippen molar-refractivity contribution in [1.29, 1.82) is 0 Å². The molecule has 6 nitrogen and oxygen atoms in total. The largest absolute Gasteiger partial charge is 0.403 e. The molecule has 0 amide bonds. The summed E-state index contributed by atoms with van der Waals surface area (Å²) in [5.74, 6) is 1.30. The fourth-order valence-corrected chi connectivity index (χ4v) is 5.18. The van der Waals surface area contributed by atoms with Crippen LogP contribution < -0.4 is 16.8 Å². The molecule has 3 atom stereocenters. The lowest BCUT2D eigenvalue weighted by molar-refractivity contribution is 0.150. The Hall–Kier alpha value is -2.57. The lowest BCUT2D eigenvalue weighted by Crippen LogP contribution is -2.45. The molecule has 1 aromatic rings. The highest BCUT2D eigenvalue weighted by Crippen LogP contribution is 2.46. The van der Waals surface area contributed by atoms with Gasteiger partial charge in [0.2, 0.25) is 0 Å². The first kappa shape index (κ1) is 19.4. The summed E-state index contributed by atoms with van der Waals surface area (Å²) in [6.07, 6.45) is 12.5. The van der Waals surface area contributed by atoms with Crippen molar-refractivity contribution in [2.24, 2.45) is 23.3 Å². The van der Waals surface area contributed by atoms with Crippen molar-refractivity contribution in [3.8, 4) is 0 Å². The van der Waals surface area contributed by atoms with Crippen molar-refractivity contribution in [2.75, 3.05) is 25.0 Å². The van der Waals surface area contributed by atoms with Crippen LogP contribution in [0.1, 0.15) is 31.0 Å². The van der Waals surface area contributed by atoms with Crippen LogP contribution in [-0.2, 0) is 6.54 Å². The highest BCUT2D eigenvalue weighted by atomic mass is 15.4. The Morgan fingerprint density at radius 3 is 2.90 bits per heavy atom. The Morgan fingerprint density at radius 2 is 2.17 bits per heavy atom. The Balaban J connectivity index is 1.29. The van der Waals surface area contributed by atoms with E-state index in [0.29, 0.717) is 30.5 Å². The molecule has 6 heteroatoms. The third-order valence-corrected chi connectivity index (χ3v) is 6.93. The van der Waals surface area contributed by atoms with Crippen LogP contribution in [0.15, 0.2) is 54.2 Å². The zero-order chi connectivity index (χ0) is 20.8. The molecule has 1 aromatic heterocycles. The monoisotopic (exact) mass is 404 g/mol. The molecule has 158 valence electrons. The number of hydrogen-bond acceptors (Lipinski definition) is 6. The minimum atomic E-state index is 0.517. The number of nitrogens with zero attached hydrogens (tertiary/aromatic N) is 3. The second-order valence-electron chi connectivity index (χ2n) is 8.99. The predicted octanol–water partition coefficient (Wildman–Crippen LogP) is 2.63. The molecular weight excluding hydrogens is 372 g/mol. The van der Waals surface area contributed by atoms with Gasteiger partial charge in [-0.1, -0.05) is 19.6 Å². The Bertz CT molecular complexity index is 941. The molecule has 1 saturated heterocycles. The summed E-state index contributed by atoms with van der Waals surface area (Å²) in [5, 5.41) is 3.50. The smallest absolute Gasteiger partial charge is 0.0868 e.